The first-order valence-corrected chi connectivity index (χ1v) is 5.08. The number of aromatic hydroxyl groups is 1. The van der Waals surface area contributed by atoms with E-state index in [0.717, 1.165) is 0 Å². The zero-order valence-corrected chi connectivity index (χ0v) is 9.10. The van der Waals surface area contributed by atoms with Crippen molar-refractivity contribution in [3.8, 4) is 17.4 Å². The van der Waals surface area contributed by atoms with E-state index in [4.69, 9.17) is 4.42 Å². The highest BCUT2D eigenvalue weighted by molar-refractivity contribution is 5.87. The van der Waals surface area contributed by atoms with Crippen LogP contribution in [0.5, 0.6) is 5.75 Å². The maximum atomic E-state index is 12.3. The van der Waals surface area contributed by atoms with Gasteiger partial charge in [0, 0.05) is 6.07 Å². The SMILES string of the molecule is Oc1cccc2oc(-c3nnc(C(F)(F)F)o3)cc12. The second-order valence-electron chi connectivity index (χ2n) is 3.71. The average Bonchev–Trinajstić information content (AvgIpc) is 2.94. The third kappa shape index (κ3) is 1.90. The van der Waals surface area contributed by atoms with Crippen LogP contribution in [0.2, 0.25) is 0 Å². The molecule has 0 saturated heterocycles. The Morgan fingerprint density at radius 2 is 1.89 bits per heavy atom. The van der Waals surface area contributed by atoms with Crippen molar-refractivity contribution in [3.05, 3.63) is 30.2 Å². The van der Waals surface area contributed by atoms with Crippen molar-refractivity contribution in [2.75, 3.05) is 0 Å². The molecule has 0 aliphatic carbocycles. The van der Waals surface area contributed by atoms with Gasteiger partial charge in [0.15, 0.2) is 5.76 Å². The van der Waals surface area contributed by atoms with E-state index < -0.39 is 18.0 Å². The van der Waals surface area contributed by atoms with E-state index in [1.807, 2.05) is 0 Å². The summed E-state index contributed by atoms with van der Waals surface area (Å²) in [7, 11) is 0. The third-order valence-electron chi connectivity index (χ3n) is 2.42. The molecule has 1 aromatic carbocycles. The second kappa shape index (κ2) is 3.74. The largest absolute Gasteiger partial charge is 0.507 e. The van der Waals surface area contributed by atoms with Gasteiger partial charge in [0.2, 0.25) is 0 Å². The first kappa shape index (κ1) is 11.6. The summed E-state index contributed by atoms with van der Waals surface area (Å²) in [5.74, 6) is -1.95. The van der Waals surface area contributed by atoms with Gasteiger partial charge in [-0.1, -0.05) is 6.07 Å². The molecule has 0 radical (unpaired) electrons. The van der Waals surface area contributed by atoms with Gasteiger partial charge < -0.3 is 13.9 Å². The van der Waals surface area contributed by atoms with Crippen LogP contribution in [0.3, 0.4) is 0 Å². The quantitative estimate of drug-likeness (QED) is 0.735. The summed E-state index contributed by atoms with van der Waals surface area (Å²) < 4.78 is 46.7. The molecule has 0 atom stereocenters. The Hall–Kier alpha value is -2.51. The maximum absolute atomic E-state index is 12.3. The lowest BCUT2D eigenvalue weighted by atomic mass is 10.2. The lowest BCUT2D eigenvalue weighted by Crippen LogP contribution is -2.04. The molecule has 98 valence electrons. The van der Waals surface area contributed by atoms with Gasteiger partial charge in [-0.05, 0) is 12.1 Å². The number of rotatable bonds is 1. The molecule has 0 aliphatic heterocycles. The standard InChI is InChI=1S/C11H5F3N2O3/c12-11(13,14)10-16-15-9(19-10)8-4-5-6(17)2-1-3-7(5)18-8/h1-4,17H. The first-order valence-electron chi connectivity index (χ1n) is 5.08. The fourth-order valence-corrected chi connectivity index (χ4v) is 1.59. The van der Waals surface area contributed by atoms with E-state index in [-0.39, 0.29) is 11.5 Å². The Morgan fingerprint density at radius 3 is 2.53 bits per heavy atom. The number of nitrogens with zero attached hydrogens (tertiary/aromatic N) is 2. The van der Waals surface area contributed by atoms with Crippen LogP contribution in [0.15, 0.2) is 33.1 Å². The summed E-state index contributed by atoms with van der Waals surface area (Å²) in [6, 6.07) is 5.86. The second-order valence-corrected chi connectivity index (χ2v) is 3.71. The van der Waals surface area contributed by atoms with Gasteiger partial charge in [0.1, 0.15) is 11.3 Å². The highest BCUT2D eigenvalue weighted by Crippen LogP contribution is 2.34. The van der Waals surface area contributed by atoms with Gasteiger partial charge in [-0.15, -0.1) is 10.2 Å². The molecule has 8 heteroatoms. The molecular formula is C11H5F3N2O3. The zero-order chi connectivity index (χ0) is 13.6. The number of aromatic nitrogens is 2. The summed E-state index contributed by atoms with van der Waals surface area (Å²) in [5.41, 5.74) is 0.307. The Kier molecular flexibility index (Phi) is 2.28. The van der Waals surface area contributed by atoms with E-state index >= 15 is 0 Å². The van der Waals surface area contributed by atoms with Crippen LogP contribution in [0.1, 0.15) is 5.89 Å². The summed E-state index contributed by atoms with van der Waals surface area (Å²) in [4.78, 5) is 0. The summed E-state index contributed by atoms with van der Waals surface area (Å²) in [6.07, 6.45) is -4.71. The number of hydrogen-bond donors (Lipinski definition) is 1. The monoisotopic (exact) mass is 270 g/mol. The van der Waals surface area contributed by atoms with Crippen molar-refractivity contribution < 1.29 is 27.1 Å². The smallest absolute Gasteiger partial charge is 0.470 e. The van der Waals surface area contributed by atoms with Gasteiger partial charge in [-0.25, -0.2) is 0 Å². The van der Waals surface area contributed by atoms with Crippen LogP contribution >= 0.6 is 0 Å². The van der Waals surface area contributed by atoms with E-state index in [0.29, 0.717) is 11.0 Å². The molecule has 0 bridgehead atoms. The number of benzene rings is 1. The minimum atomic E-state index is -4.71. The van der Waals surface area contributed by atoms with Gasteiger partial charge >= 0.3 is 12.1 Å². The molecule has 5 nitrogen and oxygen atoms in total. The van der Waals surface area contributed by atoms with Gasteiger partial charge in [-0.3, -0.25) is 0 Å². The lowest BCUT2D eigenvalue weighted by molar-refractivity contribution is -0.157. The number of alkyl halides is 3. The minimum absolute atomic E-state index is 0.0421. The van der Waals surface area contributed by atoms with Crippen molar-refractivity contribution in [2.45, 2.75) is 6.18 Å². The Balaban J connectivity index is 2.09. The van der Waals surface area contributed by atoms with Crippen LogP contribution in [0.4, 0.5) is 13.2 Å². The fourth-order valence-electron chi connectivity index (χ4n) is 1.59. The Labute approximate surface area is 103 Å². The van der Waals surface area contributed by atoms with Crippen LogP contribution in [0.25, 0.3) is 22.6 Å². The molecule has 0 spiro atoms. The molecular weight excluding hydrogens is 265 g/mol. The number of phenolic OH excluding ortho intramolecular Hbond substituents is 1. The molecule has 0 fully saturated rings. The van der Waals surface area contributed by atoms with Gasteiger partial charge in [-0.2, -0.15) is 13.2 Å². The first-order chi connectivity index (χ1) is 8.95. The minimum Gasteiger partial charge on any atom is -0.507 e. The predicted octanol–water partition coefficient (Wildman–Crippen LogP) is 3.21. The van der Waals surface area contributed by atoms with Crippen molar-refractivity contribution in [1.82, 2.24) is 10.2 Å². The van der Waals surface area contributed by atoms with E-state index in [1.165, 1.54) is 12.1 Å². The Morgan fingerprint density at radius 1 is 1.11 bits per heavy atom. The third-order valence-corrected chi connectivity index (χ3v) is 2.42. The summed E-state index contributed by atoms with van der Waals surface area (Å²) >= 11 is 0. The predicted molar refractivity (Wildman–Crippen MR) is 56.2 cm³/mol. The molecule has 2 heterocycles. The summed E-state index contributed by atoms with van der Waals surface area (Å²) in [5, 5.41) is 16.1. The molecule has 2 aromatic heterocycles. The summed E-state index contributed by atoms with van der Waals surface area (Å²) in [6.45, 7) is 0. The molecule has 0 saturated carbocycles. The van der Waals surface area contributed by atoms with E-state index in [2.05, 4.69) is 14.6 Å². The number of hydrogen-bond acceptors (Lipinski definition) is 5. The zero-order valence-electron chi connectivity index (χ0n) is 9.10. The number of fused-ring (bicyclic) bond motifs is 1. The average molecular weight is 270 g/mol. The normalized spacial score (nSPS) is 12.2. The van der Waals surface area contributed by atoms with Crippen LogP contribution in [0, 0.1) is 0 Å². The lowest BCUT2D eigenvalue weighted by Gasteiger charge is -1.96. The number of halogens is 3. The van der Waals surface area contributed by atoms with Gasteiger partial charge in [0.25, 0.3) is 5.89 Å². The van der Waals surface area contributed by atoms with Gasteiger partial charge in [0.05, 0.1) is 5.39 Å². The molecule has 19 heavy (non-hydrogen) atoms. The fraction of sp³-hybridized carbons (Fsp3) is 0.0909. The van der Waals surface area contributed by atoms with E-state index in [1.54, 1.807) is 12.1 Å². The van der Waals surface area contributed by atoms with Crippen LogP contribution in [-0.2, 0) is 6.18 Å². The molecule has 0 aliphatic rings. The van der Waals surface area contributed by atoms with Crippen molar-refractivity contribution in [2.24, 2.45) is 0 Å². The molecule has 3 rings (SSSR count). The topological polar surface area (TPSA) is 72.3 Å². The van der Waals surface area contributed by atoms with Crippen LogP contribution < -0.4 is 0 Å². The molecule has 1 N–H and O–H groups in total. The molecule has 3 aromatic rings. The molecule has 0 amide bonds. The number of phenols is 1. The highest BCUT2D eigenvalue weighted by atomic mass is 19.4. The highest BCUT2D eigenvalue weighted by Gasteiger charge is 2.38. The van der Waals surface area contributed by atoms with Crippen LogP contribution in [-0.4, -0.2) is 15.3 Å². The van der Waals surface area contributed by atoms with E-state index in [9.17, 15) is 18.3 Å². The molecule has 0 unspecified atom stereocenters. The van der Waals surface area contributed by atoms with Crippen molar-refractivity contribution >= 4 is 11.0 Å². The van der Waals surface area contributed by atoms with Crippen molar-refractivity contribution in [1.29, 1.82) is 0 Å². The Bertz CT molecular complexity index is 745. The number of furan rings is 1. The maximum Gasteiger partial charge on any atom is 0.470 e. The van der Waals surface area contributed by atoms with Crippen molar-refractivity contribution in [3.63, 3.8) is 0 Å².